The molecule has 0 spiro atoms. The lowest BCUT2D eigenvalue weighted by Gasteiger charge is -2.07. The fourth-order valence-electron chi connectivity index (χ4n) is 4.98. The smallest absolute Gasteiger partial charge is 0.331 e. The van der Waals surface area contributed by atoms with E-state index in [1.54, 1.807) is 0 Å². The average Bonchev–Trinajstić information content (AvgIpc) is 3.30. The minimum Gasteiger partial charge on any atom is -0.341 e. The van der Waals surface area contributed by atoms with Crippen molar-refractivity contribution in [1.82, 2.24) is 4.57 Å². The third-order valence-electron chi connectivity index (χ3n) is 7.06. The van der Waals surface area contributed by atoms with Crippen molar-refractivity contribution < 1.29 is 19.2 Å². The Morgan fingerprint density at radius 2 is 1.60 bits per heavy atom. The second kappa shape index (κ2) is 12.9. The number of carbonyl (C=O) groups excluding carboxylic acids is 3. The van der Waals surface area contributed by atoms with Crippen LogP contribution in [0.1, 0.15) is 40.9 Å². The van der Waals surface area contributed by atoms with Gasteiger partial charge in [-0.3, -0.25) is 9.59 Å². The molecule has 0 bridgehead atoms. The summed E-state index contributed by atoms with van der Waals surface area (Å²) in [6.45, 7) is 6.04. The minimum absolute atomic E-state index is 0.0202. The summed E-state index contributed by atoms with van der Waals surface area (Å²) in [5.41, 5.74) is 5.32. The summed E-state index contributed by atoms with van der Waals surface area (Å²) < 4.78 is 3.17. The number of oxime groups is 1. The topological polar surface area (TPSA) is 77.7 Å². The van der Waals surface area contributed by atoms with E-state index in [4.69, 9.17) is 4.84 Å². The molecule has 42 heavy (non-hydrogen) atoms. The Balaban J connectivity index is 1.49. The Kier molecular flexibility index (Phi) is 9.04. The van der Waals surface area contributed by atoms with Crippen molar-refractivity contribution in [2.45, 2.75) is 38.6 Å². The number of aryl methyl sites for hydroxylation is 2. The zero-order valence-electron chi connectivity index (χ0n) is 23.5. The molecule has 0 fully saturated rings. The molecule has 0 radical (unpaired) electrons. The first kappa shape index (κ1) is 29.5. The van der Waals surface area contributed by atoms with Crippen LogP contribution in [0, 0.1) is 6.92 Å². The maximum Gasteiger partial charge on any atom is 0.331 e. The number of carbonyl (C=O) groups is 3. The predicted octanol–water partition coefficient (Wildman–Crippen LogP) is 7.94. The van der Waals surface area contributed by atoms with Gasteiger partial charge in [0, 0.05) is 62.2 Å². The number of rotatable bonds is 10. The van der Waals surface area contributed by atoms with Crippen molar-refractivity contribution in [1.29, 1.82) is 0 Å². The fraction of sp³-hybridized carbons (Fsp3) is 0.176. The molecule has 1 heterocycles. The van der Waals surface area contributed by atoms with Gasteiger partial charge in [0.25, 0.3) is 0 Å². The monoisotopic (exact) mass is 640 g/mol. The van der Waals surface area contributed by atoms with Crippen LogP contribution in [0.2, 0.25) is 0 Å². The molecule has 212 valence electrons. The fourth-order valence-corrected chi connectivity index (χ4v) is 6.04. The van der Waals surface area contributed by atoms with Crippen LogP contribution < -0.4 is 0 Å². The average molecular weight is 642 g/mol. The largest absolute Gasteiger partial charge is 0.341 e. The molecule has 1 aromatic heterocycles. The van der Waals surface area contributed by atoms with E-state index in [9.17, 15) is 14.4 Å². The van der Waals surface area contributed by atoms with E-state index >= 15 is 0 Å². The number of fused-ring (bicyclic) bond motifs is 3. The van der Waals surface area contributed by atoms with Crippen LogP contribution in [0.4, 0.5) is 0 Å². The first-order valence-corrected chi connectivity index (χ1v) is 15.3. The molecule has 5 rings (SSSR count). The zero-order chi connectivity index (χ0) is 29.8. The Labute approximate surface area is 256 Å². The summed E-state index contributed by atoms with van der Waals surface area (Å²) in [7, 11) is 0. The van der Waals surface area contributed by atoms with Crippen LogP contribution in [0.25, 0.3) is 21.8 Å². The van der Waals surface area contributed by atoms with Crippen molar-refractivity contribution in [3.63, 3.8) is 0 Å². The van der Waals surface area contributed by atoms with Crippen molar-refractivity contribution in [3.05, 3.63) is 112 Å². The SMILES string of the molecule is CCn1c2ccc(C/C(=N/OC(C)=O)C(=O)CSc3ccc(Br)cc3)cc2c2cc(C(=O)c3ccccc3C)ccc21. The molecule has 0 aliphatic rings. The second-order valence-electron chi connectivity index (χ2n) is 9.94. The number of halogens is 1. The molecular weight excluding hydrogens is 612 g/mol. The summed E-state index contributed by atoms with van der Waals surface area (Å²) in [5, 5.41) is 5.88. The van der Waals surface area contributed by atoms with Gasteiger partial charge in [0.05, 0.1) is 5.75 Å². The van der Waals surface area contributed by atoms with Gasteiger partial charge in [-0.05, 0) is 79.6 Å². The second-order valence-corrected chi connectivity index (χ2v) is 11.9. The molecule has 0 amide bonds. The third-order valence-corrected chi connectivity index (χ3v) is 8.60. The number of aromatic nitrogens is 1. The lowest BCUT2D eigenvalue weighted by molar-refractivity contribution is -0.140. The number of thioether (sulfide) groups is 1. The van der Waals surface area contributed by atoms with Crippen LogP contribution in [-0.4, -0.2) is 33.6 Å². The maximum atomic E-state index is 13.4. The quantitative estimate of drug-likeness (QED) is 0.0509. The summed E-state index contributed by atoms with van der Waals surface area (Å²) in [5.74, 6) is -0.670. The molecule has 0 aliphatic heterocycles. The van der Waals surface area contributed by atoms with Crippen LogP contribution in [0.5, 0.6) is 0 Å². The number of hydrogen-bond donors (Lipinski definition) is 0. The van der Waals surface area contributed by atoms with Crippen LogP contribution in [0.15, 0.2) is 99.5 Å². The van der Waals surface area contributed by atoms with Crippen molar-refractivity contribution in [3.8, 4) is 0 Å². The normalized spacial score (nSPS) is 11.7. The Morgan fingerprint density at radius 1 is 0.905 bits per heavy atom. The van der Waals surface area contributed by atoms with E-state index in [0.29, 0.717) is 11.1 Å². The van der Waals surface area contributed by atoms with E-state index in [0.717, 1.165) is 48.8 Å². The van der Waals surface area contributed by atoms with E-state index in [1.807, 2.05) is 91.9 Å². The summed E-state index contributed by atoms with van der Waals surface area (Å²) >= 11 is 4.82. The third kappa shape index (κ3) is 6.40. The van der Waals surface area contributed by atoms with Gasteiger partial charge in [-0.2, -0.15) is 0 Å². The van der Waals surface area contributed by atoms with E-state index in [-0.39, 0.29) is 29.5 Å². The number of nitrogens with zero attached hydrogens (tertiary/aromatic N) is 2. The molecule has 8 heteroatoms. The van der Waals surface area contributed by atoms with Gasteiger partial charge in [0.1, 0.15) is 5.71 Å². The lowest BCUT2D eigenvalue weighted by atomic mass is 9.97. The molecule has 0 saturated carbocycles. The summed E-state index contributed by atoms with van der Waals surface area (Å²) in [6.07, 6.45) is 0.198. The number of hydrogen-bond acceptors (Lipinski definition) is 6. The van der Waals surface area contributed by atoms with Gasteiger partial charge in [-0.15, -0.1) is 11.8 Å². The van der Waals surface area contributed by atoms with Crippen molar-refractivity contribution >= 4 is 72.7 Å². The van der Waals surface area contributed by atoms with Crippen molar-refractivity contribution in [2.24, 2.45) is 5.16 Å². The molecule has 5 aromatic rings. The Morgan fingerprint density at radius 3 is 2.29 bits per heavy atom. The van der Waals surface area contributed by atoms with Gasteiger partial charge < -0.3 is 9.40 Å². The van der Waals surface area contributed by atoms with Gasteiger partial charge in [-0.1, -0.05) is 51.4 Å². The van der Waals surface area contributed by atoms with Crippen LogP contribution in [-0.2, 0) is 27.4 Å². The highest BCUT2D eigenvalue weighted by molar-refractivity contribution is 9.10. The predicted molar refractivity (Wildman–Crippen MR) is 173 cm³/mol. The molecule has 0 unspecified atom stereocenters. The highest BCUT2D eigenvalue weighted by Crippen LogP contribution is 2.32. The molecule has 4 aromatic carbocycles. The van der Waals surface area contributed by atoms with Gasteiger partial charge in [0.15, 0.2) is 11.6 Å². The van der Waals surface area contributed by atoms with Crippen LogP contribution in [0.3, 0.4) is 0 Å². The number of ketones is 2. The van der Waals surface area contributed by atoms with Gasteiger partial charge in [0.2, 0.25) is 0 Å². The molecule has 0 N–H and O–H groups in total. The Bertz CT molecular complexity index is 1860. The standard InChI is InChI=1S/C34H29BrN2O4S/c1-4-37-31-15-9-23(18-30(36-41-22(3)38)33(39)20-42-26-13-11-25(35)12-14-26)17-28(31)29-19-24(10-16-32(29)37)34(40)27-8-6-5-7-21(27)2/h5-17,19H,4,18,20H2,1-3H3/b36-30-. The van der Waals surface area contributed by atoms with Gasteiger partial charge in [-0.25, -0.2) is 4.79 Å². The Hall–Kier alpha value is -4.01. The summed E-state index contributed by atoms with van der Waals surface area (Å²) in [6, 6.07) is 27.2. The van der Waals surface area contributed by atoms with E-state index in [2.05, 4.69) is 32.6 Å². The van der Waals surface area contributed by atoms with E-state index < -0.39 is 5.97 Å². The molecule has 0 saturated heterocycles. The van der Waals surface area contributed by atoms with E-state index in [1.165, 1.54) is 18.7 Å². The first-order chi connectivity index (χ1) is 20.2. The molecule has 6 nitrogen and oxygen atoms in total. The highest BCUT2D eigenvalue weighted by Gasteiger charge is 2.18. The maximum absolute atomic E-state index is 13.4. The number of benzene rings is 4. The molecule has 0 atom stereocenters. The molecule has 0 aliphatic carbocycles. The minimum atomic E-state index is -0.590. The summed E-state index contributed by atoms with van der Waals surface area (Å²) in [4.78, 5) is 44.0. The molecular formula is C34H29BrN2O4S. The lowest BCUT2D eigenvalue weighted by Crippen LogP contribution is -2.20. The number of Topliss-reactive ketones (excluding diaryl/α,β-unsaturated/α-hetero) is 1. The highest BCUT2D eigenvalue weighted by atomic mass is 79.9. The van der Waals surface area contributed by atoms with Crippen LogP contribution >= 0.6 is 27.7 Å². The zero-order valence-corrected chi connectivity index (χ0v) is 25.9. The van der Waals surface area contributed by atoms with Crippen molar-refractivity contribution in [2.75, 3.05) is 5.75 Å². The first-order valence-electron chi connectivity index (χ1n) is 13.6. The van der Waals surface area contributed by atoms with Gasteiger partial charge >= 0.3 is 5.97 Å².